The maximum Gasteiger partial charge on any atom is 0.331 e. The fourth-order valence-corrected chi connectivity index (χ4v) is 1.17. The molecule has 0 saturated heterocycles. The molecule has 0 radical (unpaired) electrons. The van der Waals surface area contributed by atoms with Crippen LogP contribution in [0.15, 0.2) is 12.2 Å². The lowest BCUT2D eigenvalue weighted by Crippen LogP contribution is -2.11. The fraction of sp³-hybridized carbons (Fsp3) is 0.667. The Morgan fingerprint density at radius 2 is 1.10 bits per heavy atom. The third-order valence-electron chi connectivity index (χ3n) is 1.74. The smallest absolute Gasteiger partial charge is 0.331 e. The molecule has 6 nitrogen and oxygen atoms in total. The van der Waals surface area contributed by atoms with E-state index in [1.54, 1.807) is 0 Å². The fourth-order valence-electron chi connectivity index (χ4n) is 0.948. The molecule has 0 aliphatic rings. The van der Waals surface area contributed by atoms with Gasteiger partial charge in [-0.3, -0.25) is 0 Å². The van der Waals surface area contributed by atoms with Gasteiger partial charge in [-0.05, 0) is 0 Å². The summed E-state index contributed by atoms with van der Waals surface area (Å²) < 4.78 is 19.5. The highest BCUT2D eigenvalue weighted by Gasteiger charge is 2.01. The summed E-state index contributed by atoms with van der Waals surface area (Å²) in [5.74, 6) is -0.521. The van der Waals surface area contributed by atoms with Crippen LogP contribution in [-0.2, 0) is 28.5 Å². The number of ether oxygens (including phenoxy) is 4. The Labute approximate surface area is 127 Å². The number of halogens is 2. The lowest BCUT2D eigenvalue weighted by Gasteiger charge is -2.03. The van der Waals surface area contributed by atoms with Crippen LogP contribution in [0.25, 0.3) is 0 Å². The van der Waals surface area contributed by atoms with Crippen LogP contribution in [-0.4, -0.2) is 63.3 Å². The summed E-state index contributed by atoms with van der Waals surface area (Å²) in [5, 5.41) is 0. The number of carbonyl (C=O) groups is 2. The van der Waals surface area contributed by atoms with Crippen molar-refractivity contribution in [3.8, 4) is 0 Å². The summed E-state index contributed by atoms with van der Waals surface area (Å²) in [6, 6.07) is 0. The van der Waals surface area contributed by atoms with E-state index >= 15 is 0 Å². The Morgan fingerprint density at radius 3 is 1.45 bits per heavy atom. The summed E-state index contributed by atoms with van der Waals surface area (Å²) in [4.78, 5) is 22.3. The Hall–Kier alpha value is -0.820. The molecule has 0 aliphatic heterocycles. The lowest BCUT2D eigenvalue weighted by atomic mass is 10.5. The second-order valence-electron chi connectivity index (χ2n) is 3.27. The highest BCUT2D eigenvalue weighted by molar-refractivity contribution is 6.18. The zero-order valence-corrected chi connectivity index (χ0v) is 12.5. The molecule has 0 bridgehead atoms. The third kappa shape index (κ3) is 13.6. The van der Waals surface area contributed by atoms with Gasteiger partial charge in [0.2, 0.25) is 0 Å². The predicted octanol–water partition coefficient (Wildman–Crippen LogP) is 1.14. The summed E-state index contributed by atoms with van der Waals surface area (Å²) in [6.45, 7) is 1.51. The van der Waals surface area contributed by atoms with Gasteiger partial charge in [0.05, 0.1) is 26.4 Å². The van der Waals surface area contributed by atoms with E-state index in [2.05, 4.69) is 0 Å². The molecular weight excluding hydrogens is 311 g/mol. The topological polar surface area (TPSA) is 71.1 Å². The Bertz CT molecular complexity index is 268. The van der Waals surface area contributed by atoms with E-state index in [9.17, 15) is 9.59 Å². The molecule has 0 aromatic heterocycles. The Balaban J connectivity index is 3.54. The highest BCUT2D eigenvalue weighted by atomic mass is 35.5. The molecule has 0 saturated carbocycles. The summed E-state index contributed by atoms with van der Waals surface area (Å²) in [7, 11) is 0. The van der Waals surface area contributed by atoms with Gasteiger partial charge in [0.15, 0.2) is 0 Å². The summed E-state index contributed by atoms with van der Waals surface area (Å²) in [5.41, 5.74) is 0. The van der Waals surface area contributed by atoms with E-state index < -0.39 is 11.9 Å². The molecular formula is C12H18Cl2O6. The van der Waals surface area contributed by atoms with Gasteiger partial charge < -0.3 is 18.9 Å². The molecule has 8 heteroatoms. The SMILES string of the molecule is O=C(/C=C/C(=O)OCCOCCCl)OCCOCCCl. The van der Waals surface area contributed by atoms with Gasteiger partial charge in [-0.2, -0.15) is 0 Å². The Kier molecular flexibility index (Phi) is 14.0. The molecule has 0 aliphatic carbocycles. The first-order valence-electron chi connectivity index (χ1n) is 5.99. The maximum atomic E-state index is 11.2. The molecule has 0 rings (SSSR count). The van der Waals surface area contributed by atoms with Crippen molar-refractivity contribution in [1.82, 2.24) is 0 Å². The number of rotatable bonds is 12. The van der Waals surface area contributed by atoms with Crippen LogP contribution in [0, 0.1) is 0 Å². The largest absolute Gasteiger partial charge is 0.460 e. The molecule has 0 aromatic rings. The van der Waals surface area contributed by atoms with Crippen molar-refractivity contribution < 1.29 is 28.5 Å². The van der Waals surface area contributed by atoms with Crippen LogP contribution in [0.5, 0.6) is 0 Å². The zero-order chi connectivity index (χ0) is 15.1. The minimum absolute atomic E-state index is 0.0986. The number of alkyl halides is 2. The van der Waals surface area contributed by atoms with E-state index in [1.165, 1.54) is 0 Å². The predicted molar refractivity (Wildman–Crippen MR) is 74.1 cm³/mol. The molecule has 20 heavy (non-hydrogen) atoms. The number of esters is 2. The maximum absolute atomic E-state index is 11.2. The van der Waals surface area contributed by atoms with E-state index in [1.807, 2.05) is 0 Å². The van der Waals surface area contributed by atoms with E-state index in [0.29, 0.717) is 25.0 Å². The van der Waals surface area contributed by atoms with Crippen molar-refractivity contribution in [3.63, 3.8) is 0 Å². The molecule has 0 N–H and O–H groups in total. The van der Waals surface area contributed by atoms with Crippen LogP contribution in [0.3, 0.4) is 0 Å². The molecule has 0 amide bonds. The van der Waals surface area contributed by atoms with Gasteiger partial charge in [0.25, 0.3) is 0 Å². The van der Waals surface area contributed by atoms with E-state index in [-0.39, 0.29) is 26.4 Å². The standard InChI is InChI=1S/C12H18Cl2O6/c13-3-5-17-7-9-19-11(15)1-2-12(16)20-10-8-18-6-4-14/h1-2H,3-10H2/b2-1+. The van der Waals surface area contributed by atoms with Gasteiger partial charge in [-0.15, -0.1) is 23.2 Å². The second-order valence-corrected chi connectivity index (χ2v) is 4.03. The molecule has 0 fully saturated rings. The minimum Gasteiger partial charge on any atom is -0.460 e. The van der Waals surface area contributed by atoms with Crippen LogP contribution in [0.2, 0.25) is 0 Å². The molecule has 116 valence electrons. The number of hydrogen-bond donors (Lipinski definition) is 0. The van der Waals surface area contributed by atoms with Crippen molar-refractivity contribution in [3.05, 3.63) is 12.2 Å². The highest BCUT2D eigenvalue weighted by Crippen LogP contribution is 1.88. The first-order chi connectivity index (χ1) is 9.70. The van der Waals surface area contributed by atoms with Crippen molar-refractivity contribution in [1.29, 1.82) is 0 Å². The zero-order valence-electron chi connectivity index (χ0n) is 11.0. The Morgan fingerprint density at radius 1 is 0.700 bits per heavy atom. The van der Waals surface area contributed by atoms with Crippen molar-refractivity contribution in [2.75, 3.05) is 51.4 Å². The molecule has 0 aromatic carbocycles. The number of hydrogen-bond acceptors (Lipinski definition) is 6. The van der Waals surface area contributed by atoms with Gasteiger partial charge in [0.1, 0.15) is 13.2 Å². The van der Waals surface area contributed by atoms with Crippen LogP contribution in [0.4, 0.5) is 0 Å². The quantitative estimate of drug-likeness (QED) is 0.231. The van der Waals surface area contributed by atoms with Crippen molar-refractivity contribution >= 4 is 35.1 Å². The van der Waals surface area contributed by atoms with Crippen LogP contribution >= 0.6 is 23.2 Å². The summed E-state index contributed by atoms with van der Waals surface area (Å²) >= 11 is 10.8. The molecule has 0 unspecified atom stereocenters. The van der Waals surface area contributed by atoms with E-state index in [4.69, 9.17) is 42.1 Å². The monoisotopic (exact) mass is 328 g/mol. The van der Waals surface area contributed by atoms with Gasteiger partial charge >= 0.3 is 11.9 Å². The minimum atomic E-state index is -0.644. The van der Waals surface area contributed by atoms with Crippen LogP contribution < -0.4 is 0 Å². The van der Waals surface area contributed by atoms with E-state index in [0.717, 1.165) is 12.2 Å². The van der Waals surface area contributed by atoms with Gasteiger partial charge in [-0.25, -0.2) is 9.59 Å². The average Bonchev–Trinajstić information content (AvgIpc) is 2.44. The molecule has 0 atom stereocenters. The number of carbonyl (C=O) groups excluding carboxylic acids is 2. The lowest BCUT2D eigenvalue weighted by molar-refractivity contribution is -0.141. The molecule has 0 heterocycles. The third-order valence-corrected chi connectivity index (χ3v) is 2.05. The first kappa shape index (κ1) is 19.2. The van der Waals surface area contributed by atoms with Crippen LogP contribution in [0.1, 0.15) is 0 Å². The van der Waals surface area contributed by atoms with Gasteiger partial charge in [0, 0.05) is 23.9 Å². The average molecular weight is 329 g/mol. The summed E-state index contributed by atoms with van der Waals surface area (Å²) in [6.07, 6.45) is 1.98. The van der Waals surface area contributed by atoms with Crippen molar-refractivity contribution in [2.24, 2.45) is 0 Å². The van der Waals surface area contributed by atoms with Crippen molar-refractivity contribution in [2.45, 2.75) is 0 Å². The normalized spacial score (nSPS) is 10.7. The van der Waals surface area contributed by atoms with Gasteiger partial charge in [-0.1, -0.05) is 0 Å². The molecule has 0 spiro atoms. The second kappa shape index (κ2) is 14.6. The first-order valence-corrected chi connectivity index (χ1v) is 7.06.